The molecule has 0 spiro atoms. The van der Waals surface area contributed by atoms with Gasteiger partial charge >= 0.3 is 75.4 Å². The molecule has 0 aliphatic rings. The molecule has 0 heterocycles. The molecule has 8 nitrogen and oxygen atoms in total. The van der Waals surface area contributed by atoms with E-state index in [4.69, 9.17) is 0 Å². The number of nitrogens with zero attached hydrogens (tertiary/aromatic N) is 2. The van der Waals surface area contributed by atoms with Gasteiger partial charge in [-0.2, -0.15) is 0 Å². The minimum absolute atomic E-state index is 0. The van der Waals surface area contributed by atoms with Gasteiger partial charge in [-0.1, -0.05) is 26.7 Å². The van der Waals surface area contributed by atoms with Gasteiger partial charge in [-0.3, -0.25) is 0 Å². The summed E-state index contributed by atoms with van der Waals surface area (Å²) in [4.78, 5) is 45.2. The van der Waals surface area contributed by atoms with Crippen LogP contribution in [0.2, 0.25) is 0 Å². The minimum Gasteiger partial charge on any atom is -0.799 e. The summed E-state index contributed by atoms with van der Waals surface area (Å²) in [6.07, 6.45) is 3.64. The van der Waals surface area contributed by atoms with Crippen LogP contribution < -0.4 is 95.0 Å². The largest absolute Gasteiger partial charge is 1.00 e. The molecule has 0 unspecified atom stereocenters. The molecule has 0 aliphatic heterocycles. The molecule has 0 amide bonds. The number of hydrogen-bond donors (Lipinski definition) is 0. The van der Waals surface area contributed by atoms with Crippen molar-refractivity contribution in [2.24, 2.45) is 0 Å². The fourth-order valence-corrected chi connectivity index (χ4v) is 3.45. The molecule has 24 heavy (non-hydrogen) atoms. The maximum Gasteiger partial charge on any atom is 1.00 e. The van der Waals surface area contributed by atoms with Crippen molar-refractivity contribution in [3.05, 3.63) is 0 Å². The Morgan fingerprint density at radius 1 is 0.667 bits per heavy atom. The molecular formula is C10H22Li4N2O6P2. The van der Waals surface area contributed by atoms with Crippen molar-refractivity contribution in [3.8, 4) is 0 Å². The van der Waals surface area contributed by atoms with Crippen LogP contribution >= 0.6 is 15.5 Å². The first-order chi connectivity index (χ1) is 9.12. The molecule has 122 valence electrons. The Bertz CT molecular complexity index is 341. The van der Waals surface area contributed by atoms with Crippen LogP contribution in [0.3, 0.4) is 0 Å². The van der Waals surface area contributed by atoms with E-state index in [0.717, 1.165) is 25.7 Å². The molecule has 0 aromatic heterocycles. The van der Waals surface area contributed by atoms with E-state index in [1.165, 1.54) is 0 Å². The fraction of sp³-hybridized carbons (Fsp3) is 1.00. The molecule has 14 heteroatoms. The summed E-state index contributed by atoms with van der Waals surface area (Å²) in [6.45, 7) is 4.79. The second-order valence-electron chi connectivity index (χ2n) is 4.58. The zero-order valence-electron chi connectivity index (χ0n) is 15.9. The summed E-state index contributed by atoms with van der Waals surface area (Å²) >= 11 is 0. The molecule has 0 aromatic carbocycles. The van der Waals surface area contributed by atoms with Gasteiger partial charge in [-0.05, 0) is 25.9 Å². The molecule has 0 saturated heterocycles. The van der Waals surface area contributed by atoms with Gasteiger partial charge in [0.2, 0.25) is 0 Å². The number of hydrogen-bond acceptors (Lipinski definition) is 7. The number of unbranched alkanes of at least 4 members (excludes halogenated alkanes) is 2. The van der Waals surface area contributed by atoms with Crippen LogP contribution in [0.1, 0.15) is 39.5 Å². The third kappa shape index (κ3) is 18.0. The molecule has 0 radical (unpaired) electrons. The van der Waals surface area contributed by atoms with E-state index in [1.54, 1.807) is 0 Å². The first-order valence-electron chi connectivity index (χ1n) is 6.67. The molecule has 0 saturated carbocycles. The topological polar surface area (TPSA) is 133 Å². The fourth-order valence-electron chi connectivity index (χ4n) is 1.71. The Labute approximate surface area is 193 Å². The molecular weight excluding hydrogens is 334 g/mol. The minimum atomic E-state index is -5.59. The van der Waals surface area contributed by atoms with Gasteiger partial charge in [-0.15, -0.1) is 0 Å². The predicted octanol–water partition coefficient (Wildman–Crippen LogP) is -13.1. The summed E-state index contributed by atoms with van der Waals surface area (Å²) in [5.74, 6) is 0. The Kier molecular flexibility index (Phi) is 29.5. The summed E-state index contributed by atoms with van der Waals surface area (Å²) in [5.41, 5.74) is 0. The van der Waals surface area contributed by atoms with Crippen molar-refractivity contribution in [2.45, 2.75) is 39.5 Å². The second kappa shape index (κ2) is 18.9. The summed E-state index contributed by atoms with van der Waals surface area (Å²) in [5, 5.41) is 0. The average molecular weight is 356 g/mol. The maximum atomic E-state index is 10.8. The Morgan fingerprint density at radius 3 is 1.25 bits per heavy atom. The van der Waals surface area contributed by atoms with Gasteiger partial charge in [0.1, 0.15) is 0 Å². The van der Waals surface area contributed by atoms with Gasteiger partial charge in [0.05, 0.1) is 0 Å². The SMILES string of the molecule is CCCCN(CCCC)CCN(P(=O)([O-])[O-])P(=O)([O-])[O-].[Li+].[Li+].[Li+].[Li+]. The van der Waals surface area contributed by atoms with Crippen LogP contribution in [0, 0.1) is 0 Å². The molecule has 0 aromatic rings. The van der Waals surface area contributed by atoms with Gasteiger partial charge in [0.25, 0.3) is 0 Å². The summed E-state index contributed by atoms with van der Waals surface area (Å²) in [6, 6.07) is 0. The Hall–Kier alpha value is 2.61. The van der Waals surface area contributed by atoms with Gasteiger partial charge in [0, 0.05) is 28.6 Å². The van der Waals surface area contributed by atoms with Gasteiger partial charge in [0.15, 0.2) is 0 Å². The van der Waals surface area contributed by atoms with E-state index in [2.05, 4.69) is 0 Å². The van der Waals surface area contributed by atoms with Crippen molar-refractivity contribution in [2.75, 3.05) is 26.2 Å². The van der Waals surface area contributed by atoms with Crippen LogP contribution in [-0.2, 0) is 9.13 Å². The third-order valence-electron chi connectivity index (χ3n) is 2.84. The van der Waals surface area contributed by atoms with Gasteiger partial charge < -0.3 is 33.6 Å². The molecule has 0 bridgehead atoms. The van der Waals surface area contributed by atoms with Crippen molar-refractivity contribution < 1.29 is 104 Å². The first-order valence-corrected chi connectivity index (χ1v) is 9.67. The molecule has 0 fully saturated rings. The monoisotopic (exact) mass is 356 g/mol. The average Bonchev–Trinajstić information content (AvgIpc) is 2.28. The van der Waals surface area contributed by atoms with Crippen LogP contribution in [-0.4, -0.2) is 35.5 Å². The standard InChI is InChI=1S/C10H26N2O6P2.4Li/c1-3-5-7-11(8-6-4-2)9-10-12(19(13,14)15)20(16,17)18;;;;/h3-10H2,1-2H3,(H2,13,14,15)(H2,16,17,18);;;;/q;4*+1/p-4. The van der Waals surface area contributed by atoms with Crippen LogP contribution in [0.4, 0.5) is 0 Å². The molecule has 0 aliphatic carbocycles. The predicted molar refractivity (Wildman–Crippen MR) is 68.2 cm³/mol. The van der Waals surface area contributed by atoms with E-state index in [9.17, 15) is 28.7 Å². The van der Waals surface area contributed by atoms with E-state index in [-0.39, 0.29) is 82.0 Å². The normalized spacial score (nSPS) is 11.2. The third-order valence-corrected chi connectivity index (χ3v) is 5.68. The van der Waals surface area contributed by atoms with Gasteiger partial charge in [-0.25, -0.2) is 4.44 Å². The van der Waals surface area contributed by atoms with Crippen LogP contribution in [0.5, 0.6) is 0 Å². The zero-order valence-corrected chi connectivity index (χ0v) is 17.7. The summed E-state index contributed by atoms with van der Waals surface area (Å²) < 4.78 is 21.2. The molecule has 0 atom stereocenters. The zero-order chi connectivity index (χ0) is 15.8. The Balaban J connectivity index is -0.000000301. The van der Waals surface area contributed by atoms with E-state index >= 15 is 0 Å². The second-order valence-corrected chi connectivity index (χ2v) is 7.74. The van der Waals surface area contributed by atoms with Crippen molar-refractivity contribution in [3.63, 3.8) is 0 Å². The van der Waals surface area contributed by atoms with Crippen molar-refractivity contribution >= 4 is 15.5 Å². The van der Waals surface area contributed by atoms with Crippen molar-refractivity contribution in [1.29, 1.82) is 0 Å². The molecule has 0 rings (SSSR count). The number of rotatable bonds is 11. The molecule has 0 N–H and O–H groups in total. The van der Waals surface area contributed by atoms with Crippen LogP contribution in [0.15, 0.2) is 0 Å². The quantitative estimate of drug-likeness (QED) is 0.263. The van der Waals surface area contributed by atoms with E-state index < -0.39 is 26.5 Å². The van der Waals surface area contributed by atoms with E-state index in [1.807, 2.05) is 18.7 Å². The Morgan fingerprint density at radius 2 is 1.00 bits per heavy atom. The maximum absolute atomic E-state index is 10.8. The van der Waals surface area contributed by atoms with Crippen molar-refractivity contribution in [1.82, 2.24) is 9.34 Å². The van der Waals surface area contributed by atoms with E-state index in [0.29, 0.717) is 13.1 Å². The summed E-state index contributed by atoms with van der Waals surface area (Å²) in [7, 11) is -11.2. The first kappa shape index (κ1) is 37.4. The van der Waals surface area contributed by atoms with Crippen LogP contribution in [0.25, 0.3) is 0 Å². The smallest absolute Gasteiger partial charge is 0.799 e.